The van der Waals surface area contributed by atoms with Gasteiger partial charge >= 0.3 is 5.97 Å². The van der Waals surface area contributed by atoms with Gasteiger partial charge in [-0.3, -0.25) is 4.79 Å². The highest BCUT2D eigenvalue weighted by Gasteiger charge is 2.27. The van der Waals surface area contributed by atoms with Crippen LogP contribution in [0.15, 0.2) is 72.1 Å². The molecule has 158 valence electrons. The molecule has 1 unspecified atom stereocenters. The number of carbonyl (C=O) groups is 2. The van der Waals surface area contributed by atoms with Crippen LogP contribution in [-0.4, -0.2) is 23.0 Å². The lowest BCUT2D eigenvalue weighted by Crippen LogP contribution is -2.33. The smallest absolute Gasteiger partial charge is 0.356 e. The number of rotatable bonds is 7. The van der Waals surface area contributed by atoms with Gasteiger partial charge in [-0.25, -0.2) is 4.79 Å². The van der Waals surface area contributed by atoms with Crippen molar-refractivity contribution in [2.75, 3.05) is 6.54 Å². The zero-order valence-corrected chi connectivity index (χ0v) is 18.3. The number of aryl methyl sites for hydroxylation is 2. The summed E-state index contributed by atoms with van der Waals surface area (Å²) in [6, 6.07) is 21.2. The van der Waals surface area contributed by atoms with Gasteiger partial charge in [0.15, 0.2) is 0 Å². The first kappa shape index (κ1) is 20.9. The second kappa shape index (κ2) is 9.18. The molecule has 4 aromatic rings. The van der Waals surface area contributed by atoms with Gasteiger partial charge in [0, 0.05) is 19.2 Å². The molecule has 2 aromatic carbocycles. The number of aromatic nitrogens is 1. The Morgan fingerprint density at radius 2 is 1.81 bits per heavy atom. The summed E-state index contributed by atoms with van der Waals surface area (Å²) in [5.41, 5.74) is 4.25. The number of hydrogen-bond donors (Lipinski definition) is 1. The molecule has 0 aliphatic carbocycles. The minimum absolute atomic E-state index is 0.329. The average molecular weight is 433 g/mol. The Kier molecular flexibility index (Phi) is 6.18. The van der Waals surface area contributed by atoms with E-state index >= 15 is 0 Å². The van der Waals surface area contributed by atoms with Gasteiger partial charge in [-0.15, -0.1) is 11.3 Å². The molecule has 6 heteroatoms. The molecule has 0 radical (unpaired) electrons. The number of esters is 1. The van der Waals surface area contributed by atoms with Crippen molar-refractivity contribution in [3.8, 4) is 0 Å². The molecule has 1 atom stereocenters. The first-order chi connectivity index (χ1) is 15.0. The van der Waals surface area contributed by atoms with Crippen LogP contribution < -0.4 is 5.32 Å². The van der Waals surface area contributed by atoms with E-state index in [0.29, 0.717) is 24.2 Å². The molecule has 1 N–H and O–H groups in total. The minimum Gasteiger partial charge on any atom is -0.443 e. The van der Waals surface area contributed by atoms with Crippen molar-refractivity contribution in [1.82, 2.24) is 9.88 Å². The molecule has 5 nitrogen and oxygen atoms in total. The van der Waals surface area contributed by atoms with Gasteiger partial charge in [0.05, 0.1) is 10.2 Å². The third-order valence-corrected chi connectivity index (χ3v) is 6.12. The topological polar surface area (TPSA) is 60.3 Å². The second-order valence-corrected chi connectivity index (χ2v) is 8.43. The Labute approximate surface area is 185 Å². The maximum atomic E-state index is 13.0. The standard InChI is InChI=1S/C25H24N2O3S/c1-17-8-10-19(11-9-17)23(24(28)26-14-12-18-6-4-3-5-7-18)30-25(29)21-16-22-20(27(21)2)13-15-31-22/h3-11,13,15-16,23H,12,14H2,1-2H3,(H,26,28). The number of ether oxygens (including phenoxy) is 1. The summed E-state index contributed by atoms with van der Waals surface area (Å²) in [6.07, 6.45) is -0.313. The molecule has 0 saturated heterocycles. The SMILES string of the molecule is Cc1ccc(C(OC(=O)c2cc3sccc3n2C)C(=O)NCCc2ccccc2)cc1. The summed E-state index contributed by atoms with van der Waals surface area (Å²) in [5, 5.41) is 4.90. The summed E-state index contributed by atoms with van der Waals surface area (Å²) < 4.78 is 8.55. The fourth-order valence-corrected chi connectivity index (χ4v) is 4.34. The van der Waals surface area contributed by atoms with E-state index in [4.69, 9.17) is 4.74 Å². The summed E-state index contributed by atoms with van der Waals surface area (Å²) in [7, 11) is 1.83. The van der Waals surface area contributed by atoms with E-state index < -0.39 is 12.1 Å². The summed E-state index contributed by atoms with van der Waals surface area (Å²) in [5.74, 6) is -0.848. The molecule has 0 spiro atoms. The molecule has 2 aromatic heterocycles. The van der Waals surface area contributed by atoms with E-state index in [1.807, 2.05) is 86.1 Å². The van der Waals surface area contributed by atoms with E-state index in [1.54, 1.807) is 15.9 Å². The van der Waals surface area contributed by atoms with Crippen LogP contribution in [-0.2, 0) is 23.0 Å². The molecule has 2 heterocycles. The number of nitrogens with zero attached hydrogens (tertiary/aromatic N) is 1. The molecular formula is C25H24N2O3S. The number of hydrogen-bond acceptors (Lipinski definition) is 4. The molecule has 0 fully saturated rings. The maximum absolute atomic E-state index is 13.0. The lowest BCUT2D eigenvalue weighted by Gasteiger charge is -2.18. The Balaban J connectivity index is 1.51. The molecule has 4 rings (SSSR count). The van der Waals surface area contributed by atoms with Gasteiger partial charge in [-0.1, -0.05) is 60.2 Å². The molecular weight excluding hydrogens is 408 g/mol. The van der Waals surface area contributed by atoms with Gasteiger partial charge in [-0.2, -0.15) is 0 Å². The Morgan fingerprint density at radius 1 is 1.06 bits per heavy atom. The molecule has 0 bridgehead atoms. The van der Waals surface area contributed by atoms with Crippen molar-refractivity contribution in [2.24, 2.45) is 7.05 Å². The second-order valence-electron chi connectivity index (χ2n) is 7.48. The average Bonchev–Trinajstić information content (AvgIpc) is 3.36. The predicted molar refractivity (Wildman–Crippen MR) is 123 cm³/mol. The third-order valence-electron chi connectivity index (χ3n) is 5.27. The Hall–Kier alpha value is -3.38. The minimum atomic E-state index is -1.02. The lowest BCUT2D eigenvalue weighted by molar-refractivity contribution is -0.130. The monoisotopic (exact) mass is 432 g/mol. The number of benzene rings is 2. The van der Waals surface area contributed by atoms with Crippen molar-refractivity contribution >= 4 is 33.4 Å². The van der Waals surface area contributed by atoms with E-state index in [9.17, 15) is 9.59 Å². The summed E-state index contributed by atoms with van der Waals surface area (Å²) in [6.45, 7) is 2.43. The van der Waals surface area contributed by atoms with Gasteiger partial charge in [0.25, 0.3) is 5.91 Å². The number of fused-ring (bicyclic) bond motifs is 1. The highest BCUT2D eigenvalue weighted by molar-refractivity contribution is 7.17. The Morgan fingerprint density at radius 3 is 2.52 bits per heavy atom. The van der Waals surface area contributed by atoms with Crippen molar-refractivity contribution in [3.05, 3.63) is 94.5 Å². The van der Waals surface area contributed by atoms with Crippen LogP contribution in [0, 0.1) is 6.92 Å². The van der Waals surface area contributed by atoms with Crippen molar-refractivity contribution < 1.29 is 14.3 Å². The van der Waals surface area contributed by atoms with Crippen LogP contribution in [0.3, 0.4) is 0 Å². The van der Waals surface area contributed by atoms with Gasteiger partial charge in [-0.05, 0) is 36.4 Å². The first-order valence-electron chi connectivity index (χ1n) is 10.1. The number of amides is 1. The number of carbonyl (C=O) groups excluding carboxylic acids is 2. The van der Waals surface area contributed by atoms with Crippen LogP contribution in [0.25, 0.3) is 10.2 Å². The van der Waals surface area contributed by atoms with Gasteiger partial charge in [0.2, 0.25) is 6.10 Å². The first-order valence-corrected chi connectivity index (χ1v) is 11.0. The van der Waals surface area contributed by atoms with E-state index in [-0.39, 0.29) is 5.91 Å². The fourth-order valence-electron chi connectivity index (χ4n) is 3.49. The maximum Gasteiger partial charge on any atom is 0.356 e. The van der Waals surface area contributed by atoms with Gasteiger partial charge in [0.1, 0.15) is 5.69 Å². The molecule has 1 amide bonds. The normalized spacial score (nSPS) is 11.9. The summed E-state index contributed by atoms with van der Waals surface area (Å²) in [4.78, 5) is 26.0. The van der Waals surface area contributed by atoms with E-state index in [2.05, 4.69) is 5.32 Å². The quantitative estimate of drug-likeness (QED) is 0.427. The molecule has 0 aliphatic heterocycles. The molecule has 0 saturated carbocycles. The van der Waals surface area contributed by atoms with Crippen LogP contribution in [0.4, 0.5) is 0 Å². The highest BCUT2D eigenvalue weighted by Crippen LogP contribution is 2.26. The van der Waals surface area contributed by atoms with Crippen molar-refractivity contribution in [1.29, 1.82) is 0 Å². The fraction of sp³-hybridized carbons (Fsp3) is 0.200. The van der Waals surface area contributed by atoms with Crippen LogP contribution in [0.1, 0.15) is 33.3 Å². The third kappa shape index (κ3) is 4.70. The van der Waals surface area contributed by atoms with Crippen LogP contribution in [0.2, 0.25) is 0 Å². The van der Waals surface area contributed by atoms with Crippen molar-refractivity contribution in [3.63, 3.8) is 0 Å². The largest absolute Gasteiger partial charge is 0.443 e. The van der Waals surface area contributed by atoms with Crippen LogP contribution in [0.5, 0.6) is 0 Å². The number of thiophene rings is 1. The molecule has 0 aliphatic rings. The lowest BCUT2D eigenvalue weighted by atomic mass is 10.1. The summed E-state index contributed by atoms with van der Waals surface area (Å²) >= 11 is 1.56. The zero-order chi connectivity index (χ0) is 21.8. The predicted octanol–water partition coefficient (Wildman–Crippen LogP) is 4.81. The highest BCUT2D eigenvalue weighted by atomic mass is 32.1. The van der Waals surface area contributed by atoms with E-state index in [0.717, 1.165) is 21.3 Å². The van der Waals surface area contributed by atoms with Gasteiger partial charge < -0.3 is 14.6 Å². The Bertz CT molecular complexity index is 1190. The molecule has 31 heavy (non-hydrogen) atoms. The van der Waals surface area contributed by atoms with Crippen LogP contribution >= 0.6 is 11.3 Å². The number of nitrogens with one attached hydrogen (secondary N) is 1. The van der Waals surface area contributed by atoms with Crippen molar-refractivity contribution in [2.45, 2.75) is 19.4 Å². The van der Waals surface area contributed by atoms with E-state index in [1.165, 1.54) is 0 Å². The zero-order valence-electron chi connectivity index (χ0n) is 17.5.